The highest BCUT2D eigenvalue weighted by Crippen LogP contribution is 2.33. The summed E-state index contributed by atoms with van der Waals surface area (Å²) in [5.74, 6) is 0.370. The first-order chi connectivity index (χ1) is 18.1. The van der Waals surface area contributed by atoms with Gasteiger partial charge in [-0.15, -0.1) is 11.3 Å². The molecular formula is C25H25ClFN5O4S2. The summed E-state index contributed by atoms with van der Waals surface area (Å²) in [6, 6.07) is 9.40. The Balaban J connectivity index is 1.45. The number of rotatable bonds is 7. The minimum Gasteiger partial charge on any atom is -0.485 e. The van der Waals surface area contributed by atoms with Crippen LogP contribution >= 0.6 is 22.9 Å². The van der Waals surface area contributed by atoms with Gasteiger partial charge in [0.05, 0.1) is 34.1 Å². The minimum absolute atomic E-state index is 0.0336. The van der Waals surface area contributed by atoms with E-state index >= 15 is 0 Å². The van der Waals surface area contributed by atoms with Gasteiger partial charge < -0.3 is 10.1 Å². The molecule has 0 saturated carbocycles. The molecule has 1 aliphatic rings. The van der Waals surface area contributed by atoms with Gasteiger partial charge in [-0.25, -0.2) is 17.6 Å². The van der Waals surface area contributed by atoms with Gasteiger partial charge in [0, 0.05) is 29.7 Å². The van der Waals surface area contributed by atoms with Crippen LogP contribution in [0.2, 0.25) is 5.02 Å². The zero-order valence-corrected chi connectivity index (χ0v) is 23.0. The summed E-state index contributed by atoms with van der Waals surface area (Å²) in [6.07, 6.45) is 3.52. The monoisotopic (exact) mass is 577 g/mol. The Hall–Kier alpha value is -3.06. The molecule has 200 valence electrons. The fourth-order valence-corrected chi connectivity index (χ4v) is 6.85. The third-order valence-corrected chi connectivity index (χ3v) is 8.95. The first-order valence-corrected chi connectivity index (χ1v) is 15.0. The molecule has 1 aromatic carbocycles. The maximum atomic E-state index is 13.4. The molecule has 1 saturated heterocycles. The maximum Gasteiger partial charge on any atom is 0.354 e. The van der Waals surface area contributed by atoms with Gasteiger partial charge in [-0.1, -0.05) is 11.6 Å². The van der Waals surface area contributed by atoms with E-state index in [9.17, 15) is 17.6 Å². The highest BCUT2D eigenvalue weighted by Gasteiger charge is 2.31. The third kappa shape index (κ3) is 5.53. The number of sulfonamides is 1. The summed E-state index contributed by atoms with van der Waals surface area (Å²) >= 11 is 7.67. The van der Waals surface area contributed by atoms with E-state index in [0.29, 0.717) is 52.9 Å². The predicted octanol–water partition coefficient (Wildman–Crippen LogP) is 4.44. The number of nitrogens with one attached hydrogen (secondary N) is 1. The molecule has 13 heteroatoms. The largest absolute Gasteiger partial charge is 0.485 e. The van der Waals surface area contributed by atoms with Gasteiger partial charge in [-0.3, -0.25) is 9.55 Å². The Bertz CT molecular complexity index is 1640. The van der Waals surface area contributed by atoms with Crippen LogP contribution in [0.1, 0.15) is 25.5 Å². The molecular weight excluding hydrogens is 553 g/mol. The summed E-state index contributed by atoms with van der Waals surface area (Å²) in [5.41, 5.74) is 1.11. The molecule has 0 amide bonds. The van der Waals surface area contributed by atoms with Crippen molar-refractivity contribution in [2.75, 3.05) is 18.1 Å². The van der Waals surface area contributed by atoms with Crippen molar-refractivity contribution < 1.29 is 17.5 Å². The van der Waals surface area contributed by atoms with E-state index in [2.05, 4.69) is 15.3 Å². The molecule has 38 heavy (non-hydrogen) atoms. The molecule has 0 bridgehead atoms. The highest BCUT2D eigenvalue weighted by molar-refractivity contribution is 7.88. The fraction of sp³-hybridized carbons (Fsp3) is 0.320. The average Bonchev–Trinajstić information content (AvgIpc) is 3.34. The number of thiophene rings is 1. The van der Waals surface area contributed by atoms with Gasteiger partial charge in [-0.05, 0) is 55.5 Å². The molecule has 0 spiro atoms. The van der Waals surface area contributed by atoms with Crippen LogP contribution in [0.4, 0.5) is 10.2 Å². The van der Waals surface area contributed by atoms with Crippen LogP contribution in [-0.2, 0) is 16.6 Å². The zero-order chi connectivity index (χ0) is 27.0. The molecule has 4 heterocycles. The van der Waals surface area contributed by atoms with Crippen LogP contribution in [0.15, 0.2) is 52.8 Å². The van der Waals surface area contributed by atoms with Crippen LogP contribution in [0, 0.1) is 5.82 Å². The molecule has 1 aliphatic heterocycles. The number of pyridine rings is 1. The second kappa shape index (κ2) is 10.6. The number of benzene rings is 1. The molecule has 0 radical (unpaired) electrons. The smallest absolute Gasteiger partial charge is 0.354 e. The SMILES string of the molecule is C[C@H]1C[C@@H](Nc2nc(=O)n(-c3ccc(Cl)cc3OCc3ccc(F)cn3)c3ccsc23)CCN1S(C)(=O)=O. The Labute approximate surface area is 227 Å². The second-order valence-corrected chi connectivity index (χ2v) is 12.5. The second-order valence-electron chi connectivity index (χ2n) is 9.17. The van der Waals surface area contributed by atoms with E-state index in [1.807, 2.05) is 18.4 Å². The quantitative estimate of drug-likeness (QED) is 0.346. The van der Waals surface area contributed by atoms with Crippen molar-refractivity contribution >= 4 is 49.0 Å². The molecule has 0 unspecified atom stereocenters. The molecule has 4 aromatic rings. The van der Waals surface area contributed by atoms with Gasteiger partial charge in [0.25, 0.3) is 0 Å². The zero-order valence-electron chi connectivity index (χ0n) is 20.6. The van der Waals surface area contributed by atoms with Crippen LogP contribution in [0.25, 0.3) is 15.9 Å². The number of nitrogens with zero attached hydrogens (tertiary/aromatic N) is 4. The van der Waals surface area contributed by atoms with E-state index in [1.54, 1.807) is 18.2 Å². The third-order valence-electron chi connectivity index (χ3n) is 6.41. The average molecular weight is 578 g/mol. The molecule has 5 rings (SSSR count). The summed E-state index contributed by atoms with van der Waals surface area (Å²) in [7, 11) is -3.27. The van der Waals surface area contributed by atoms with Gasteiger partial charge in [-0.2, -0.15) is 9.29 Å². The summed E-state index contributed by atoms with van der Waals surface area (Å²) in [4.78, 5) is 21.7. The number of anilines is 1. The number of ether oxygens (including phenoxy) is 1. The number of halogens is 2. The molecule has 3 aromatic heterocycles. The Kier molecular flexibility index (Phi) is 7.40. The summed E-state index contributed by atoms with van der Waals surface area (Å²) < 4.78 is 47.0. The van der Waals surface area contributed by atoms with Crippen LogP contribution < -0.4 is 15.7 Å². The molecule has 1 N–H and O–H groups in total. The number of piperidine rings is 1. The minimum atomic E-state index is -3.27. The summed E-state index contributed by atoms with van der Waals surface area (Å²) in [6.45, 7) is 2.33. The van der Waals surface area contributed by atoms with Crippen molar-refractivity contribution in [1.29, 1.82) is 0 Å². The normalized spacial score (nSPS) is 18.5. The summed E-state index contributed by atoms with van der Waals surface area (Å²) in [5, 5.41) is 5.68. The first-order valence-electron chi connectivity index (χ1n) is 11.9. The lowest BCUT2D eigenvalue weighted by Crippen LogP contribution is -2.47. The van der Waals surface area contributed by atoms with Crippen molar-refractivity contribution in [1.82, 2.24) is 18.8 Å². The molecule has 1 fully saturated rings. The Morgan fingerprint density at radius 2 is 2.08 bits per heavy atom. The highest BCUT2D eigenvalue weighted by atomic mass is 35.5. The van der Waals surface area contributed by atoms with Gasteiger partial charge in [0.15, 0.2) is 5.82 Å². The van der Waals surface area contributed by atoms with E-state index in [1.165, 1.54) is 38.6 Å². The van der Waals surface area contributed by atoms with Crippen molar-refractivity contribution in [2.24, 2.45) is 0 Å². The predicted molar refractivity (Wildman–Crippen MR) is 146 cm³/mol. The van der Waals surface area contributed by atoms with Crippen LogP contribution in [0.5, 0.6) is 5.75 Å². The Morgan fingerprint density at radius 1 is 1.26 bits per heavy atom. The fourth-order valence-electron chi connectivity index (χ4n) is 4.69. The van der Waals surface area contributed by atoms with Gasteiger partial charge in [0.2, 0.25) is 10.0 Å². The standard InChI is InChI=1S/C25H25ClFN5O4S2/c1-15-11-18(7-9-31(15)38(2,34)35)29-24-23-21(8-10-37-23)32(25(33)30-24)20-6-3-16(26)12-22(20)36-14-19-5-4-17(27)13-28-19/h3-6,8,10,12-13,15,18H,7,9,11,14H2,1-2H3,(H,29,30,33)/t15-,18-/m0/s1. The van der Waals surface area contributed by atoms with Crippen molar-refractivity contribution in [2.45, 2.75) is 38.5 Å². The van der Waals surface area contributed by atoms with E-state index in [4.69, 9.17) is 16.3 Å². The molecule has 9 nitrogen and oxygen atoms in total. The number of aromatic nitrogens is 3. The maximum absolute atomic E-state index is 13.4. The molecule has 0 aliphatic carbocycles. The van der Waals surface area contributed by atoms with Gasteiger partial charge in [0.1, 0.15) is 18.2 Å². The van der Waals surface area contributed by atoms with Crippen LogP contribution in [0.3, 0.4) is 0 Å². The van der Waals surface area contributed by atoms with Crippen molar-refractivity contribution in [3.8, 4) is 11.4 Å². The number of fused-ring (bicyclic) bond motifs is 1. The van der Waals surface area contributed by atoms with Crippen molar-refractivity contribution in [3.63, 3.8) is 0 Å². The lowest BCUT2D eigenvalue weighted by Gasteiger charge is -2.36. The van der Waals surface area contributed by atoms with Crippen LogP contribution in [-0.4, -0.2) is 52.1 Å². The lowest BCUT2D eigenvalue weighted by atomic mass is 10.0. The van der Waals surface area contributed by atoms with Crippen molar-refractivity contribution in [3.05, 3.63) is 75.0 Å². The first kappa shape index (κ1) is 26.5. The molecule has 2 atom stereocenters. The topological polar surface area (TPSA) is 106 Å². The van der Waals surface area contributed by atoms with Gasteiger partial charge >= 0.3 is 5.69 Å². The number of hydrogen-bond donors (Lipinski definition) is 1. The lowest BCUT2D eigenvalue weighted by molar-refractivity contribution is 0.256. The van der Waals surface area contributed by atoms with E-state index < -0.39 is 21.5 Å². The van der Waals surface area contributed by atoms with E-state index in [-0.39, 0.29) is 18.7 Å². The Morgan fingerprint density at radius 3 is 2.79 bits per heavy atom. The van der Waals surface area contributed by atoms with E-state index in [0.717, 1.165) is 10.9 Å². The number of hydrogen-bond acceptors (Lipinski definition) is 8.